The van der Waals surface area contributed by atoms with Crippen molar-refractivity contribution in [1.82, 2.24) is 90.2 Å². The van der Waals surface area contributed by atoms with Crippen LogP contribution in [0, 0.1) is 69.2 Å². The second-order valence-electron chi connectivity index (χ2n) is 34.7. The summed E-state index contributed by atoms with van der Waals surface area (Å²) in [5.41, 5.74) is 42.6. The maximum atomic E-state index is 15.3. The topological polar surface area (TPSA) is 390 Å². The van der Waals surface area contributed by atoms with Gasteiger partial charge in [0.25, 0.3) is 29.5 Å². The molecule has 7 saturated heterocycles. The van der Waals surface area contributed by atoms with Crippen LogP contribution in [0.5, 0.6) is 0 Å². The fourth-order valence-corrected chi connectivity index (χ4v) is 23.6. The molecule has 10 aromatic heterocycles. The first-order chi connectivity index (χ1) is 60.3. The van der Waals surface area contributed by atoms with Gasteiger partial charge in [-0.15, -0.1) is 82.2 Å². The zero-order chi connectivity index (χ0) is 89.5. The fourth-order valence-electron chi connectivity index (χ4n) is 18.3. The maximum absolute atomic E-state index is 15.3. The molecule has 0 saturated carbocycles. The van der Waals surface area contributed by atoms with Crippen LogP contribution >= 0.6 is 56.7 Å². The number of thiophene rings is 5. The van der Waals surface area contributed by atoms with Crippen molar-refractivity contribution in [2.24, 2.45) is 0 Å². The highest BCUT2D eigenvalue weighted by Crippen LogP contribution is 2.45. The molecule has 5 amide bonds. The maximum Gasteiger partial charge on any atom is 0.266 e. The molecule has 0 spiro atoms. The molecular formula is C91H114FN23O6S5. The number of hydrogen-bond acceptors (Lipinski definition) is 29. The average Bonchev–Trinajstić information content (AvgIpc) is 1.62. The highest BCUT2D eigenvalue weighted by atomic mass is 32.1. The predicted octanol–water partition coefficient (Wildman–Crippen LogP) is 13.9. The number of aryl methyl sites for hydroxylation is 10. The molecule has 17 heterocycles. The second-order valence-corrected chi connectivity index (χ2v) is 39.7. The Hall–Kier alpha value is -10.2. The van der Waals surface area contributed by atoms with Crippen molar-refractivity contribution in [1.29, 1.82) is 0 Å². The number of halogens is 1. The Kier molecular flexibility index (Phi) is 27.3. The van der Waals surface area contributed by atoms with Crippen LogP contribution in [0.25, 0.3) is 51.1 Å². The average molecular weight is 1810 g/mol. The Bertz CT molecular complexity index is 5770. The first-order valence-corrected chi connectivity index (χ1v) is 47.6. The van der Waals surface area contributed by atoms with Crippen LogP contribution in [0.3, 0.4) is 0 Å². The summed E-state index contributed by atoms with van der Waals surface area (Å²) in [4.78, 5) is 88.0. The van der Waals surface area contributed by atoms with E-state index in [1.165, 1.54) is 121 Å². The summed E-state index contributed by atoms with van der Waals surface area (Å²) in [6, 6.07) is 20.3. The number of hydrogen-bond donors (Lipinski definition) is 6. The molecule has 666 valence electrons. The van der Waals surface area contributed by atoms with Crippen molar-refractivity contribution in [2.75, 3.05) is 134 Å². The van der Waals surface area contributed by atoms with Crippen LogP contribution in [0.2, 0.25) is 0 Å². The summed E-state index contributed by atoms with van der Waals surface area (Å²) in [5, 5.41) is 57.0. The summed E-state index contributed by atoms with van der Waals surface area (Å²) in [6.07, 6.45) is 12.5. The van der Waals surface area contributed by atoms with Gasteiger partial charge in [-0.05, 0) is 206 Å². The number of nitrogens with zero attached hydrogens (tertiary/aromatic N) is 18. The summed E-state index contributed by atoms with van der Waals surface area (Å²) >= 11 is 6.65. The number of benzene rings is 2. The van der Waals surface area contributed by atoms with E-state index in [-0.39, 0.29) is 42.4 Å². The van der Waals surface area contributed by atoms with Crippen molar-refractivity contribution in [2.45, 2.75) is 182 Å². The molecule has 35 heteroatoms. The lowest BCUT2D eigenvalue weighted by atomic mass is 9.84. The van der Waals surface area contributed by atoms with Crippen molar-refractivity contribution >= 4 is 166 Å². The molecule has 11 N–H and O–H groups in total. The molecule has 7 aliphatic rings. The van der Waals surface area contributed by atoms with Gasteiger partial charge in [0, 0.05) is 123 Å². The van der Waals surface area contributed by atoms with Gasteiger partial charge in [0.1, 0.15) is 54.2 Å². The smallest absolute Gasteiger partial charge is 0.266 e. The summed E-state index contributed by atoms with van der Waals surface area (Å²) < 4.78 is 15.3. The lowest BCUT2D eigenvalue weighted by Crippen LogP contribution is -2.45. The van der Waals surface area contributed by atoms with E-state index in [1.807, 2.05) is 159 Å². The molecule has 29 nitrogen and oxygen atoms in total. The molecular weight excluding hydrogens is 1690 g/mol. The lowest BCUT2D eigenvalue weighted by molar-refractivity contribution is -0.0210. The van der Waals surface area contributed by atoms with Crippen LogP contribution < -0.4 is 28.7 Å². The number of amides is 5. The van der Waals surface area contributed by atoms with Crippen LogP contribution in [0.1, 0.15) is 199 Å². The number of aliphatic hydroxyl groups is 1. The van der Waals surface area contributed by atoms with Gasteiger partial charge in [-0.1, -0.05) is 73.5 Å². The van der Waals surface area contributed by atoms with Crippen molar-refractivity contribution < 1.29 is 33.5 Å². The Morgan fingerprint density at radius 1 is 0.357 bits per heavy atom. The quantitative estimate of drug-likeness (QED) is 0.0740. The number of carbonyl (C=O) groups is 5. The minimum atomic E-state index is -1.39. The minimum Gasteiger partial charge on any atom is -0.397 e. The molecule has 7 aliphatic heterocycles. The number of carbonyl (C=O) groups excluding carboxylic acids is 5. The fraction of sp³-hybridized carbons (Fsp3) is 0.484. The van der Waals surface area contributed by atoms with E-state index in [4.69, 9.17) is 28.7 Å². The highest BCUT2D eigenvalue weighted by Gasteiger charge is 2.42. The van der Waals surface area contributed by atoms with E-state index in [1.54, 1.807) is 9.80 Å². The van der Waals surface area contributed by atoms with Crippen LogP contribution in [0.15, 0.2) is 60.7 Å². The molecule has 0 aliphatic carbocycles. The van der Waals surface area contributed by atoms with E-state index in [9.17, 15) is 29.1 Å². The van der Waals surface area contributed by atoms with Crippen LogP contribution in [-0.4, -0.2) is 249 Å². The standard InChI is InChI=1S/C20H21FN4OS.C20H22N4O2S.2C18H25N5OS.C15H21N5OS/c1-12-13(2)23-24-18-15(12)16(22)17(27-18)19(26)25-10-8-20(21,9-11-25)14-6-4-3-5-7-14;1-12-13(2)22-23-18-15(12)16(21)17(27-18)19(25)24-10-8-20(26,9-11-24)14-6-4-3-5-7-14;2*1-11-12(2)20-21-17-14(11)15(19)16(25-17)18(24)23-9-6-13(10-23)22-7-4-3-5-8-22;1-8-9(2)17-18-14-11(8)12(16)13(22-14)15(21)20-6-5-10(7-20)19(3)4/h3-7H,8-11,22H2,1-2H3;3-7,26H,8-11,21H2,1-2H3;2*13H,3-10,19H2,1-2H3;10H,5-7,16H2,1-4H3. The Labute approximate surface area is 753 Å². The number of likely N-dealkylation sites (N-methyl/N-ethyl adjacent to an activating group) is 1. The molecule has 19 rings (SSSR count). The van der Waals surface area contributed by atoms with Gasteiger partial charge in [-0.25, -0.2) is 4.39 Å². The third-order valence-corrected chi connectivity index (χ3v) is 32.3. The normalized spacial score (nSPS) is 19.1. The van der Waals surface area contributed by atoms with E-state index in [0.717, 1.165) is 162 Å². The van der Waals surface area contributed by atoms with Gasteiger partial charge >= 0.3 is 0 Å². The van der Waals surface area contributed by atoms with Crippen molar-refractivity contribution in [3.8, 4) is 0 Å². The van der Waals surface area contributed by atoms with Crippen LogP contribution in [-0.2, 0) is 11.3 Å². The third-order valence-electron chi connectivity index (χ3n) is 26.9. The van der Waals surface area contributed by atoms with Gasteiger partial charge in [-0.3, -0.25) is 33.8 Å². The molecule has 7 fully saturated rings. The number of fused-ring (bicyclic) bond motifs is 5. The molecule has 3 atom stereocenters. The molecule has 0 bridgehead atoms. The van der Waals surface area contributed by atoms with Gasteiger partial charge in [0.2, 0.25) is 0 Å². The first-order valence-electron chi connectivity index (χ1n) is 43.6. The van der Waals surface area contributed by atoms with Crippen molar-refractivity contribution in [3.63, 3.8) is 0 Å². The van der Waals surface area contributed by atoms with Gasteiger partial charge in [-0.2, -0.15) is 25.5 Å². The number of likely N-dealkylation sites (tertiary alicyclic amines) is 7. The summed E-state index contributed by atoms with van der Waals surface area (Å²) in [5.74, 6) is -0.124. The first kappa shape index (κ1) is 90.5. The van der Waals surface area contributed by atoms with E-state index in [2.05, 4.69) is 65.7 Å². The Morgan fingerprint density at radius 3 is 0.921 bits per heavy atom. The lowest BCUT2D eigenvalue weighted by Gasteiger charge is -2.38. The number of alkyl halides is 1. The molecule has 0 radical (unpaired) electrons. The van der Waals surface area contributed by atoms with Crippen LogP contribution in [0.4, 0.5) is 32.8 Å². The van der Waals surface area contributed by atoms with E-state index in [0.29, 0.717) is 125 Å². The summed E-state index contributed by atoms with van der Waals surface area (Å²) in [7, 11) is 4.10. The summed E-state index contributed by atoms with van der Waals surface area (Å²) in [6.45, 7) is 30.5. The molecule has 126 heavy (non-hydrogen) atoms. The van der Waals surface area contributed by atoms with Gasteiger partial charge in [0.05, 0.1) is 62.5 Å². The number of nitrogen functional groups attached to an aromatic ring is 5. The molecule has 12 aromatic rings. The Morgan fingerprint density at radius 2 is 0.627 bits per heavy atom. The number of aromatic nitrogens is 10. The van der Waals surface area contributed by atoms with E-state index >= 15 is 4.39 Å². The monoisotopic (exact) mass is 1800 g/mol. The van der Waals surface area contributed by atoms with Gasteiger partial charge < -0.3 is 63.2 Å². The number of piperidine rings is 4. The Balaban J connectivity index is 0.000000122. The largest absolute Gasteiger partial charge is 0.397 e. The van der Waals surface area contributed by atoms with E-state index < -0.39 is 11.3 Å². The van der Waals surface area contributed by atoms with Gasteiger partial charge in [0.15, 0.2) is 0 Å². The third kappa shape index (κ3) is 18.2. The SMILES string of the molecule is Cc1nnc2sc(C(=O)N3CCC(F)(c4ccccc4)CC3)c(N)c2c1C.Cc1nnc2sc(C(=O)N3CCC(N(C)C)C3)c(N)c2c1C.Cc1nnc2sc(C(=O)N3CCC(N4CCCCC4)C3)c(N)c2c1C.Cc1nnc2sc(C(=O)N3CCC(N4CCCCC4)C3)c(N)c2c1C.Cc1nnc2sc(C(=O)N3CCC(O)(c4ccccc4)CC3)c(N)c2c1C. The van der Waals surface area contributed by atoms with Crippen molar-refractivity contribution in [3.05, 3.63) is 152 Å². The predicted molar refractivity (Wildman–Crippen MR) is 504 cm³/mol. The zero-order valence-electron chi connectivity index (χ0n) is 73.9. The molecule has 2 aromatic carbocycles. The number of nitrogens with two attached hydrogens (primary N) is 5. The number of anilines is 5. The zero-order valence-corrected chi connectivity index (χ0v) is 78.0. The highest BCUT2D eigenvalue weighted by molar-refractivity contribution is 7.22. The molecule has 3 unspecified atom stereocenters. The minimum absolute atomic E-state index is 0.0157. The number of rotatable bonds is 10. The second kappa shape index (κ2) is 38.0.